The first-order valence-corrected chi connectivity index (χ1v) is 31.1. The normalized spacial score (nSPS) is 30.8. The number of aromatic hydroxyl groups is 1. The number of nitrogens with one attached hydrogen (secondary N) is 4. The smallest absolute Gasteiger partial charge is 0.185 e. The van der Waals surface area contributed by atoms with Crippen LogP contribution in [0.5, 0.6) is 11.5 Å². The van der Waals surface area contributed by atoms with Gasteiger partial charge in [-0.1, -0.05) is 66.7 Å². The number of dihydropyridines is 1. The van der Waals surface area contributed by atoms with Crippen molar-refractivity contribution in [1.82, 2.24) is 21.3 Å². The highest BCUT2D eigenvalue weighted by molar-refractivity contribution is 6.07. The molecule has 1 spiro atoms. The molecule has 3 aromatic carbocycles. The van der Waals surface area contributed by atoms with Crippen molar-refractivity contribution in [1.29, 1.82) is 0 Å². The summed E-state index contributed by atoms with van der Waals surface area (Å²) < 4.78 is 5.59. The molecular formula is C68H94N8O6. The Hall–Kier alpha value is -5.61. The summed E-state index contributed by atoms with van der Waals surface area (Å²) in [5, 5.41) is 48.0. The van der Waals surface area contributed by atoms with E-state index < -0.39 is 12.7 Å². The number of piperidine rings is 1. The number of phenolic OH excluding ortho intramolecular Hbond substituents is 1. The molecule has 4 saturated carbocycles. The molecule has 0 amide bonds. The third-order valence-electron chi connectivity index (χ3n) is 20.7. The minimum atomic E-state index is -0.468. The standard InChI is InChI=1S/C68H94N8O6/c1-43(78)39-75-63-38-67(37-59-57-21-24-72-40-53(57)28-50-12-7-23-73-65(50)59)35-48(16-18-62(67)68(63)22-19-47(36-68)20-25-74-66(70)71)27-55(79)33-56(80)30-54(42-77)58-34-61(82-2)60(81)31-51(58)29-52-41-76-64(69)32-49(52)17-15-46-11-6-10-45(26-46)14-13-44-8-4-3-5-9-44/h3-12,26,30-32,34,41,43,47-48,50,53,57,59,62-65,72-73,75-78,81H,13-25,27-29,33,35-40,42,69H2,1-2H3,(H4,70,71,74). The number of methoxy groups -OCH3 is 1. The number of Topliss-reactive ketones (excluding diaryl/α,β-unsaturated/α-hetero) is 1. The lowest BCUT2D eigenvalue weighted by atomic mass is 9.52. The Morgan fingerprint density at radius 3 is 2.51 bits per heavy atom. The van der Waals surface area contributed by atoms with Gasteiger partial charge in [0.2, 0.25) is 0 Å². The highest BCUT2D eigenvalue weighted by Crippen LogP contribution is 2.70. The van der Waals surface area contributed by atoms with E-state index in [4.69, 9.17) is 21.9 Å². The Morgan fingerprint density at radius 2 is 1.73 bits per heavy atom. The van der Waals surface area contributed by atoms with Gasteiger partial charge in [0.25, 0.3) is 0 Å². The molecule has 5 fully saturated rings. The van der Waals surface area contributed by atoms with E-state index in [9.17, 15) is 24.9 Å². The number of benzene rings is 3. The van der Waals surface area contributed by atoms with Gasteiger partial charge in [-0.25, -0.2) is 0 Å². The number of hydrogen-bond donors (Lipinski definition) is 10. The second kappa shape index (κ2) is 27.0. The Bertz CT molecular complexity index is 2860. The number of nitrogens with zero attached hydrogens (tertiary/aromatic N) is 1. The van der Waals surface area contributed by atoms with E-state index in [1.807, 2.05) is 25.3 Å². The minimum Gasteiger partial charge on any atom is -0.504 e. The molecule has 1 saturated heterocycles. The summed E-state index contributed by atoms with van der Waals surface area (Å²) in [5.41, 5.74) is 25.6. The Labute approximate surface area is 487 Å². The Morgan fingerprint density at radius 1 is 0.939 bits per heavy atom. The summed E-state index contributed by atoms with van der Waals surface area (Å²) in [7, 11) is 1.48. The molecule has 14 nitrogen and oxygen atoms in total. The van der Waals surface area contributed by atoms with Gasteiger partial charge in [0.15, 0.2) is 23.2 Å². The first-order chi connectivity index (χ1) is 39.7. The third-order valence-corrected chi connectivity index (χ3v) is 20.7. The van der Waals surface area contributed by atoms with E-state index in [-0.39, 0.29) is 64.4 Å². The number of aliphatic imine (C=N–C) groups is 1. The lowest BCUT2D eigenvalue weighted by Gasteiger charge is -2.55. The number of phenols is 1. The molecule has 7 aliphatic rings. The van der Waals surface area contributed by atoms with Gasteiger partial charge < -0.3 is 58.5 Å². The van der Waals surface area contributed by atoms with E-state index in [2.05, 4.69) is 86.9 Å². The average molecular weight is 1120 g/mol. The molecule has 0 radical (unpaired) electrons. The van der Waals surface area contributed by atoms with E-state index >= 15 is 0 Å². The monoisotopic (exact) mass is 1120 g/mol. The number of allylic oxidation sites excluding steroid dienone is 3. The summed E-state index contributed by atoms with van der Waals surface area (Å²) in [6, 6.07) is 23.3. The van der Waals surface area contributed by atoms with Crippen LogP contribution in [0.4, 0.5) is 0 Å². The van der Waals surface area contributed by atoms with Gasteiger partial charge in [0, 0.05) is 44.3 Å². The lowest BCUT2D eigenvalue weighted by Crippen LogP contribution is -2.57. The van der Waals surface area contributed by atoms with Crippen molar-refractivity contribution in [3.63, 3.8) is 0 Å². The quantitative estimate of drug-likeness (QED) is 0.0136. The predicted molar refractivity (Wildman–Crippen MR) is 327 cm³/mol. The van der Waals surface area contributed by atoms with Crippen LogP contribution in [0.1, 0.15) is 125 Å². The second-order valence-corrected chi connectivity index (χ2v) is 26.0. The van der Waals surface area contributed by atoms with Crippen LogP contribution < -0.4 is 43.2 Å². The molecular weight excluding hydrogens is 1020 g/mol. The Balaban J connectivity index is 0.861. The molecule has 3 aromatic rings. The maximum absolute atomic E-state index is 14.5. The molecule has 0 bridgehead atoms. The van der Waals surface area contributed by atoms with Crippen LogP contribution in [0.3, 0.4) is 0 Å². The number of carbonyl (C=O) groups excluding carboxylic acids is 2. The maximum atomic E-state index is 14.5. The third kappa shape index (κ3) is 14.0. The molecule has 14 heteroatoms. The number of carbonyl (C=O) groups is 2. The van der Waals surface area contributed by atoms with Gasteiger partial charge in [0.1, 0.15) is 5.78 Å². The Kier molecular flexibility index (Phi) is 19.6. The van der Waals surface area contributed by atoms with Gasteiger partial charge in [-0.3, -0.25) is 14.6 Å². The molecule has 10 rings (SSSR count). The molecule has 4 aliphatic carbocycles. The average Bonchev–Trinajstić information content (AvgIpc) is 2.07. The fraction of sp³-hybridized carbons (Fsp3) is 0.574. The molecule has 13 unspecified atom stereocenters. The van der Waals surface area contributed by atoms with Crippen LogP contribution in [0.2, 0.25) is 0 Å². The summed E-state index contributed by atoms with van der Waals surface area (Å²) >= 11 is 0. The molecule has 82 heavy (non-hydrogen) atoms. The zero-order valence-corrected chi connectivity index (χ0v) is 48.8. The number of ketones is 2. The summed E-state index contributed by atoms with van der Waals surface area (Å²) in [4.78, 5) is 33.2. The van der Waals surface area contributed by atoms with Crippen molar-refractivity contribution < 1.29 is 29.6 Å². The molecule has 3 heterocycles. The lowest BCUT2D eigenvalue weighted by molar-refractivity contribution is -0.126. The largest absolute Gasteiger partial charge is 0.504 e. The van der Waals surface area contributed by atoms with Crippen LogP contribution in [-0.2, 0) is 35.3 Å². The van der Waals surface area contributed by atoms with Crippen LogP contribution >= 0.6 is 0 Å². The van der Waals surface area contributed by atoms with Gasteiger partial charge in [0.05, 0.1) is 32.4 Å². The number of aliphatic hydroxyl groups is 2. The molecule has 442 valence electrons. The fourth-order valence-electron chi connectivity index (χ4n) is 17.3. The zero-order chi connectivity index (χ0) is 57.4. The number of guanidine groups is 1. The highest BCUT2D eigenvalue weighted by Gasteiger charge is 2.65. The zero-order valence-electron chi connectivity index (χ0n) is 48.8. The number of rotatable bonds is 24. The topological polar surface area (TPSA) is 243 Å². The number of aliphatic hydroxyl groups excluding tert-OH is 2. The van der Waals surface area contributed by atoms with E-state index in [0.717, 1.165) is 114 Å². The van der Waals surface area contributed by atoms with E-state index in [0.29, 0.717) is 84.2 Å². The van der Waals surface area contributed by atoms with Gasteiger partial charge in [-0.2, -0.15) is 0 Å². The van der Waals surface area contributed by atoms with Gasteiger partial charge in [-0.05, 0) is 244 Å². The first kappa shape index (κ1) is 59.5. The maximum Gasteiger partial charge on any atom is 0.185 e. The van der Waals surface area contributed by atoms with Crippen molar-refractivity contribution in [2.24, 2.45) is 74.4 Å². The second-order valence-electron chi connectivity index (χ2n) is 26.0. The summed E-state index contributed by atoms with van der Waals surface area (Å²) in [5.74, 6) is 3.29. The fourth-order valence-corrected chi connectivity index (χ4v) is 17.3. The van der Waals surface area contributed by atoms with Crippen LogP contribution in [-0.4, -0.2) is 104 Å². The van der Waals surface area contributed by atoms with Crippen LogP contribution in [0.25, 0.3) is 5.57 Å². The summed E-state index contributed by atoms with van der Waals surface area (Å²) in [6.07, 6.45) is 25.2. The minimum absolute atomic E-state index is 0.0153. The number of aryl methyl sites for hydroxylation is 3. The number of nitrogens with two attached hydrogens (primary N) is 3. The van der Waals surface area contributed by atoms with Gasteiger partial charge in [-0.15, -0.1) is 0 Å². The highest BCUT2D eigenvalue weighted by atomic mass is 16.5. The van der Waals surface area contributed by atoms with Crippen molar-refractivity contribution in [2.45, 2.75) is 147 Å². The van der Waals surface area contributed by atoms with Crippen molar-refractivity contribution >= 4 is 23.1 Å². The molecule has 0 aromatic heterocycles. The van der Waals surface area contributed by atoms with E-state index in [1.54, 1.807) is 12.1 Å². The van der Waals surface area contributed by atoms with Crippen molar-refractivity contribution in [2.75, 3.05) is 46.4 Å². The van der Waals surface area contributed by atoms with Crippen molar-refractivity contribution in [3.8, 4) is 11.5 Å². The summed E-state index contributed by atoms with van der Waals surface area (Å²) in [6.45, 7) is 5.63. The first-order valence-electron chi connectivity index (χ1n) is 31.1. The van der Waals surface area contributed by atoms with Crippen molar-refractivity contribution in [3.05, 3.63) is 136 Å². The SMILES string of the molecule is COc1cc(C(=CC(=O)CC(=O)CC2CCC3C(CC4C5CCNCC5CC5C=CCNC54)(C2)CC(NCC(C)O)C32CCC(CCN=C(N)N)C2)CO)c(CC2=CNC(N)C=C2CCc2cccc(CCc3ccccc3)c2)cc1O. The molecule has 3 aliphatic heterocycles. The van der Waals surface area contributed by atoms with Crippen LogP contribution in [0, 0.1) is 52.3 Å². The molecule has 13 atom stereocenters. The number of fused-ring (bicyclic) bond motifs is 4. The molecule has 13 N–H and O–H groups in total. The van der Waals surface area contributed by atoms with E-state index in [1.165, 1.54) is 42.7 Å². The van der Waals surface area contributed by atoms with Gasteiger partial charge >= 0.3 is 0 Å². The number of hydrogen-bond acceptors (Lipinski definition) is 12. The van der Waals surface area contributed by atoms with Crippen LogP contribution in [0.15, 0.2) is 113 Å². The predicted octanol–water partition coefficient (Wildman–Crippen LogP) is 7.73. The number of ether oxygens (including phenoxy) is 1.